The lowest BCUT2D eigenvalue weighted by Crippen LogP contribution is -2.41. The maximum Gasteiger partial charge on any atom is 0.494 e. The number of hydrogen-bond donors (Lipinski definition) is 0. The molecule has 0 aromatic heterocycles. The molecule has 0 radical (unpaired) electrons. The van der Waals surface area contributed by atoms with E-state index in [2.05, 4.69) is 84.9 Å². The van der Waals surface area contributed by atoms with Gasteiger partial charge < -0.3 is 14.0 Å². The first-order chi connectivity index (χ1) is 12.5. The molecule has 2 aromatic carbocycles. The largest absolute Gasteiger partial charge is 0.494 e. The van der Waals surface area contributed by atoms with Gasteiger partial charge in [0.05, 0.1) is 11.2 Å². The van der Waals surface area contributed by atoms with Crippen molar-refractivity contribution in [1.82, 2.24) is 0 Å². The van der Waals surface area contributed by atoms with Gasteiger partial charge >= 0.3 is 7.12 Å². The Kier molecular flexibility index (Phi) is 5.17. The van der Waals surface area contributed by atoms with E-state index in [1.807, 2.05) is 12.1 Å². The molecule has 3 rings (SSSR count). The molecule has 0 atom stereocenters. The summed E-state index contributed by atoms with van der Waals surface area (Å²) in [5.74, 6) is 0.887. The van der Waals surface area contributed by atoms with Crippen molar-refractivity contribution >= 4 is 12.6 Å². The molecule has 1 saturated heterocycles. The van der Waals surface area contributed by atoms with Crippen LogP contribution in [0.3, 0.4) is 0 Å². The van der Waals surface area contributed by atoms with E-state index >= 15 is 0 Å². The summed E-state index contributed by atoms with van der Waals surface area (Å²) in [4.78, 5) is 0. The molecule has 0 N–H and O–H groups in total. The van der Waals surface area contributed by atoms with E-state index in [0.29, 0.717) is 6.61 Å². The minimum Gasteiger partial charge on any atom is -0.489 e. The summed E-state index contributed by atoms with van der Waals surface area (Å²) in [5.41, 5.74) is 2.97. The van der Waals surface area contributed by atoms with Crippen LogP contribution in [0.5, 0.6) is 5.75 Å². The van der Waals surface area contributed by atoms with Gasteiger partial charge in [0.15, 0.2) is 0 Å². The summed E-state index contributed by atoms with van der Waals surface area (Å²) in [5, 5.41) is 0. The zero-order chi connectivity index (χ0) is 19.9. The number of ether oxygens (including phenoxy) is 1. The lowest BCUT2D eigenvalue weighted by Gasteiger charge is -2.32. The maximum absolute atomic E-state index is 6.10. The fourth-order valence-corrected chi connectivity index (χ4v) is 2.97. The Balaban J connectivity index is 1.60. The van der Waals surface area contributed by atoms with Gasteiger partial charge in [-0.15, -0.1) is 0 Å². The normalized spacial score (nSPS) is 18.6. The van der Waals surface area contributed by atoms with Crippen LogP contribution in [0, 0.1) is 0 Å². The van der Waals surface area contributed by atoms with E-state index in [1.54, 1.807) is 0 Å². The van der Waals surface area contributed by atoms with Gasteiger partial charge in [-0.1, -0.05) is 57.2 Å². The lowest BCUT2D eigenvalue weighted by atomic mass is 9.79. The van der Waals surface area contributed by atoms with Crippen LogP contribution < -0.4 is 10.2 Å². The molecule has 0 spiro atoms. The third kappa shape index (κ3) is 4.39. The van der Waals surface area contributed by atoms with Gasteiger partial charge in [-0.25, -0.2) is 0 Å². The van der Waals surface area contributed by atoms with Crippen molar-refractivity contribution in [2.45, 2.75) is 71.7 Å². The van der Waals surface area contributed by atoms with Gasteiger partial charge in [0.25, 0.3) is 0 Å². The molecule has 1 aliphatic heterocycles. The van der Waals surface area contributed by atoms with Gasteiger partial charge in [-0.3, -0.25) is 0 Å². The second-order valence-corrected chi connectivity index (χ2v) is 9.39. The van der Waals surface area contributed by atoms with Crippen LogP contribution in [0.2, 0.25) is 0 Å². The third-order valence-corrected chi connectivity index (χ3v) is 5.63. The average Bonchev–Trinajstić information content (AvgIpc) is 2.81. The second kappa shape index (κ2) is 6.99. The molecule has 1 fully saturated rings. The Morgan fingerprint density at radius 1 is 0.815 bits per heavy atom. The van der Waals surface area contributed by atoms with Gasteiger partial charge in [0, 0.05) is 0 Å². The highest BCUT2D eigenvalue weighted by molar-refractivity contribution is 6.62. The van der Waals surface area contributed by atoms with Crippen molar-refractivity contribution in [3.05, 3.63) is 59.7 Å². The summed E-state index contributed by atoms with van der Waals surface area (Å²) in [7, 11) is -0.324. The first-order valence-electron chi connectivity index (χ1n) is 9.66. The van der Waals surface area contributed by atoms with Crippen LogP contribution in [0.1, 0.15) is 59.6 Å². The highest BCUT2D eigenvalue weighted by atomic mass is 16.7. The summed E-state index contributed by atoms with van der Waals surface area (Å²) in [6.07, 6.45) is 0. The van der Waals surface area contributed by atoms with E-state index < -0.39 is 0 Å². The fraction of sp³-hybridized carbons (Fsp3) is 0.478. The van der Waals surface area contributed by atoms with E-state index in [4.69, 9.17) is 14.0 Å². The standard InChI is InChI=1S/C23H31BO3/c1-21(2,3)18-10-14-20(15-11-18)25-16-17-8-12-19(13-9-17)24-26-22(4,5)23(6,7)27-24/h8-15H,16H2,1-7H3. The van der Waals surface area contributed by atoms with Crippen molar-refractivity contribution in [1.29, 1.82) is 0 Å². The Morgan fingerprint density at radius 2 is 1.33 bits per heavy atom. The Labute approximate surface area is 164 Å². The Bertz CT molecular complexity index is 755. The van der Waals surface area contributed by atoms with Crippen molar-refractivity contribution < 1.29 is 14.0 Å². The van der Waals surface area contributed by atoms with Crippen molar-refractivity contribution in [3.8, 4) is 5.75 Å². The summed E-state index contributed by atoms with van der Waals surface area (Å²) in [6, 6.07) is 16.6. The van der Waals surface area contributed by atoms with Crippen molar-refractivity contribution in [2.75, 3.05) is 0 Å². The molecule has 0 unspecified atom stereocenters. The van der Waals surface area contributed by atoms with Gasteiger partial charge in [-0.05, 0) is 61.8 Å². The van der Waals surface area contributed by atoms with Crippen molar-refractivity contribution in [2.24, 2.45) is 0 Å². The average molecular weight is 366 g/mol. The molecular weight excluding hydrogens is 335 g/mol. The van der Waals surface area contributed by atoms with Gasteiger partial charge in [0.2, 0.25) is 0 Å². The first-order valence-corrected chi connectivity index (χ1v) is 9.66. The van der Waals surface area contributed by atoms with Crippen LogP contribution in [0.4, 0.5) is 0 Å². The molecule has 2 aromatic rings. The minimum atomic E-state index is -0.324. The van der Waals surface area contributed by atoms with E-state index in [9.17, 15) is 0 Å². The molecule has 1 aliphatic rings. The molecule has 0 bridgehead atoms. The van der Waals surface area contributed by atoms with E-state index in [0.717, 1.165) is 16.8 Å². The van der Waals surface area contributed by atoms with Crippen LogP contribution in [0.15, 0.2) is 48.5 Å². The SMILES string of the molecule is CC(C)(C)c1ccc(OCc2ccc(B3OC(C)(C)C(C)(C)O3)cc2)cc1. The number of hydrogen-bond acceptors (Lipinski definition) is 3. The molecule has 1 heterocycles. The third-order valence-electron chi connectivity index (χ3n) is 5.63. The molecule has 3 nitrogen and oxygen atoms in total. The highest BCUT2D eigenvalue weighted by Gasteiger charge is 2.51. The van der Waals surface area contributed by atoms with Crippen LogP contribution >= 0.6 is 0 Å². The minimum absolute atomic E-state index is 0.155. The second-order valence-electron chi connectivity index (χ2n) is 9.39. The zero-order valence-corrected chi connectivity index (χ0v) is 17.6. The molecular formula is C23H31BO3. The van der Waals surface area contributed by atoms with Crippen molar-refractivity contribution in [3.63, 3.8) is 0 Å². The first kappa shape index (κ1) is 20.0. The quantitative estimate of drug-likeness (QED) is 0.723. The fourth-order valence-electron chi connectivity index (χ4n) is 2.97. The smallest absolute Gasteiger partial charge is 0.489 e. The summed E-state index contributed by atoms with van der Waals surface area (Å²) >= 11 is 0. The number of benzene rings is 2. The predicted molar refractivity (Wildman–Crippen MR) is 112 cm³/mol. The Morgan fingerprint density at radius 3 is 1.81 bits per heavy atom. The van der Waals surface area contributed by atoms with E-state index in [1.165, 1.54) is 5.56 Å². The van der Waals surface area contributed by atoms with Gasteiger partial charge in [0.1, 0.15) is 12.4 Å². The molecule has 0 saturated carbocycles. The molecule has 144 valence electrons. The zero-order valence-electron chi connectivity index (χ0n) is 17.6. The van der Waals surface area contributed by atoms with Crippen LogP contribution in [0.25, 0.3) is 0 Å². The Hall–Kier alpha value is -1.78. The molecule has 0 amide bonds. The molecule has 27 heavy (non-hydrogen) atoms. The number of rotatable bonds is 4. The lowest BCUT2D eigenvalue weighted by molar-refractivity contribution is 0.00578. The van der Waals surface area contributed by atoms with Gasteiger partial charge in [-0.2, -0.15) is 0 Å². The maximum atomic E-state index is 6.10. The summed E-state index contributed by atoms with van der Waals surface area (Å²) < 4.78 is 18.1. The molecule has 0 aliphatic carbocycles. The highest BCUT2D eigenvalue weighted by Crippen LogP contribution is 2.36. The topological polar surface area (TPSA) is 27.7 Å². The van der Waals surface area contributed by atoms with E-state index in [-0.39, 0.29) is 23.7 Å². The van der Waals surface area contributed by atoms with Crippen LogP contribution in [-0.4, -0.2) is 18.3 Å². The monoisotopic (exact) mass is 366 g/mol. The predicted octanol–water partition coefficient (Wildman–Crippen LogP) is 4.86. The van der Waals surface area contributed by atoms with Crippen LogP contribution in [-0.2, 0) is 21.3 Å². The molecule has 4 heteroatoms. The summed E-state index contributed by atoms with van der Waals surface area (Å²) in [6.45, 7) is 15.5.